The number of aryl methyl sites for hydroxylation is 1. The van der Waals surface area contributed by atoms with Crippen LogP contribution in [0.15, 0.2) is 36.4 Å². The van der Waals surface area contributed by atoms with E-state index in [1.807, 2.05) is 0 Å². The van der Waals surface area contributed by atoms with Crippen LogP contribution < -0.4 is 14.7 Å². The van der Waals surface area contributed by atoms with Crippen molar-refractivity contribution in [3.63, 3.8) is 0 Å². The number of nitrogens with one attached hydrogen (secondary N) is 1. The van der Waals surface area contributed by atoms with Crippen molar-refractivity contribution < 1.29 is 24.6 Å². The van der Waals surface area contributed by atoms with Gasteiger partial charge in [0.25, 0.3) is 0 Å². The number of nitrogens with zero attached hydrogens (tertiary/aromatic N) is 2. The van der Waals surface area contributed by atoms with Gasteiger partial charge in [0.2, 0.25) is 5.78 Å². The number of pyridine rings is 1. The van der Waals surface area contributed by atoms with Crippen LogP contribution in [0.3, 0.4) is 0 Å². The average molecular weight is 395 g/mol. The summed E-state index contributed by atoms with van der Waals surface area (Å²) < 4.78 is 5.95. The fourth-order valence-electron chi connectivity index (χ4n) is 4.01. The molecule has 29 heavy (non-hydrogen) atoms. The summed E-state index contributed by atoms with van der Waals surface area (Å²) in [5.74, 6) is 0.400. The van der Waals surface area contributed by atoms with Crippen LogP contribution >= 0.6 is 0 Å². The Bertz CT molecular complexity index is 935. The Morgan fingerprint density at radius 3 is 2.72 bits per heavy atom. The van der Waals surface area contributed by atoms with Crippen molar-refractivity contribution >= 4 is 11.9 Å². The number of hydrogen-bond acceptors (Lipinski definition) is 6. The fourth-order valence-corrected chi connectivity index (χ4v) is 4.01. The van der Waals surface area contributed by atoms with Crippen LogP contribution in [0.25, 0.3) is 6.08 Å². The van der Waals surface area contributed by atoms with Gasteiger partial charge in [-0.3, -0.25) is 14.7 Å². The van der Waals surface area contributed by atoms with Gasteiger partial charge < -0.3 is 19.8 Å². The lowest BCUT2D eigenvalue weighted by Crippen LogP contribution is -3.13. The van der Waals surface area contributed by atoms with Crippen LogP contribution in [-0.4, -0.2) is 60.1 Å². The Labute approximate surface area is 169 Å². The Kier molecular flexibility index (Phi) is 5.62. The van der Waals surface area contributed by atoms with E-state index in [4.69, 9.17) is 9.84 Å². The molecule has 2 aliphatic rings. The molecule has 0 spiro atoms. The monoisotopic (exact) mass is 395 g/mol. The van der Waals surface area contributed by atoms with Gasteiger partial charge in [-0.2, -0.15) is 0 Å². The highest BCUT2D eigenvalue weighted by atomic mass is 16.5. The maximum absolute atomic E-state index is 12.9. The number of ether oxygens (including phenoxy) is 1. The molecule has 1 fully saturated rings. The molecule has 4 rings (SSSR count). The molecular formula is C22H25N3O4. The summed E-state index contributed by atoms with van der Waals surface area (Å²) in [7, 11) is 0. The SMILES string of the molecule is Cc1cc([O-])c(C[NH+]2CCN(CCO)CC2)c2c1C(=O)/C(=C/c1ccncc1)O2. The molecule has 0 unspecified atom stereocenters. The summed E-state index contributed by atoms with van der Waals surface area (Å²) in [6.07, 6.45) is 5.01. The standard InChI is InChI=1S/C22H25N3O4/c1-15-12-18(27)17(14-25-8-6-24(7-9-25)10-11-26)22-20(15)21(28)19(29-22)13-16-2-4-23-5-3-16/h2-5,12-13,26-27H,6-11,14H2,1H3/b19-13-. The minimum atomic E-state index is -0.182. The lowest BCUT2D eigenvalue weighted by molar-refractivity contribution is -0.918. The smallest absolute Gasteiger partial charge is 0.232 e. The third-order valence-corrected chi connectivity index (χ3v) is 5.61. The van der Waals surface area contributed by atoms with E-state index in [9.17, 15) is 9.90 Å². The summed E-state index contributed by atoms with van der Waals surface area (Å²) in [5, 5.41) is 21.8. The van der Waals surface area contributed by atoms with Crippen molar-refractivity contribution in [3.05, 3.63) is 58.6 Å². The van der Waals surface area contributed by atoms with E-state index in [2.05, 4.69) is 9.88 Å². The van der Waals surface area contributed by atoms with Crippen LogP contribution in [0.1, 0.15) is 27.0 Å². The zero-order valence-electron chi connectivity index (χ0n) is 16.5. The van der Waals surface area contributed by atoms with Crippen molar-refractivity contribution in [3.8, 4) is 11.5 Å². The van der Waals surface area contributed by atoms with Crippen molar-refractivity contribution in [1.29, 1.82) is 0 Å². The Morgan fingerprint density at radius 2 is 2.03 bits per heavy atom. The van der Waals surface area contributed by atoms with Crippen LogP contribution in [-0.2, 0) is 6.54 Å². The molecular weight excluding hydrogens is 370 g/mol. The first-order valence-corrected chi connectivity index (χ1v) is 9.91. The molecule has 0 atom stereocenters. The van der Waals surface area contributed by atoms with Gasteiger partial charge in [-0.1, -0.05) is 11.8 Å². The second-order valence-electron chi connectivity index (χ2n) is 7.59. The number of rotatable bonds is 5. The summed E-state index contributed by atoms with van der Waals surface area (Å²) in [6, 6.07) is 5.15. The number of quaternary nitrogens is 1. The number of hydrogen-bond donors (Lipinski definition) is 2. The second-order valence-corrected chi connectivity index (χ2v) is 7.59. The van der Waals surface area contributed by atoms with Gasteiger partial charge in [-0.05, 0) is 36.3 Å². The zero-order chi connectivity index (χ0) is 20.4. The summed E-state index contributed by atoms with van der Waals surface area (Å²) in [5.41, 5.74) is 2.55. The molecule has 0 radical (unpaired) electrons. The highest BCUT2D eigenvalue weighted by molar-refractivity contribution is 6.15. The molecule has 2 aromatic rings. The quantitative estimate of drug-likeness (QED) is 0.680. The summed E-state index contributed by atoms with van der Waals surface area (Å²) >= 11 is 0. The van der Waals surface area contributed by atoms with E-state index in [-0.39, 0.29) is 23.9 Å². The Hall–Kier alpha value is -2.74. The number of benzene rings is 1. The lowest BCUT2D eigenvalue weighted by atomic mass is 9.99. The number of aromatic nitrogens is 1. The first kappa shape index (κ1) is 19.6. The number of allylic oxidation sites excluding steroid dienone is 1. The zero-order valence-corrected chi connectivity index (χ0v) is 16.5. The molecule has 1 aromatic heterocycles. The molecule has 3 heterocycles. The van der Waals surface area contributed by atoms with E-state index >= 15 is 0 Å². The first-order valence-electron chi connectivity index (χ1n) is 9.91. The molecule has 2 N–H and O–H groups in total. The maximum atomic E-state index is 12.9. The Morgan fingerprint density at radius 1 is 1.31 bits per heavy atom. The van der Waals surface area contributed by atoms with Gasteiger partial charge in [0.1, 0.15) is 12.3 Å². The third-order valence-electron chi connectivity index (χ3n) is 5.61. The third kappa shape index (κ3) is 4.03. The minimum Gasteiger partial charge on any atom is -0.872 e. The molecule has 2 aliphatic heterocycles. The minimum absolute atomic E-state index is 0.0792. The van der Waals surface area contributed by atoms with Gasteiger partial charge in [0, 0.05) is 37.6 Å². The van der Waals surface area contributed by atoms with E-state index < -0.39 is 0 Å². The first-order chi connectivity index (χ1) is 14.1. The molecule has 0 bridgehead atoms. The number of β-amino-alcohol motifs (C(OH)–C–C–N with tert-alkyl or cyclic N) is 1. The average Bonchev–Trinajstić information content (AvgIpc) is 3.04. The van der Waals surface area contributed by atoms with E-state index in [0.29, 0.717) is 35.5 Å². The van der Waals surface area contributed by atoms with E-state index in [1.54, 1.807) is 43.6 Å². The van der Waals surface area contributed by atoms with Gasteiger partial charge in [0.05, 0.1) is 25.3 Å². The topological polar surface area (TPSA) is 90.2 Å². The number of piperazine rings is 1. The van der Waals surface area contributed by atoms with Crippen molar-refractivity contribution in [1.82, 2.24) is 9.88 Å². The summed E-state index contributed by atoms with van der Waals surface area (Å²) in [4.78, 5) is 20.4. The molecule has 7 nitrogen and oxygen atoms in total. The van der Waals surface area contributed by atoms with Crippen molar-refractivity contribution in [2.45, 2.75) is 13.5 Å². The van der Waals surface area contributed by atoms with Crippen molar-refractivity contribution in [2.24, 2.45) is 0 Å². The normalized spacial score (nSPS) is 18.8. The number of fused-ring (bicyclic) bond motifs is 1. The number of Topliss-reactive ketones (excluding diaryl/α,β-unsaturated/α-hetero) is 1. The maximum Gasteiger partial charge on any atom is 0.232 e. The fraction of sp³-hybridized carbons (Fsp3) is 0.364. The van der Waals surface area contributed by atoms with Crippen LogP contribution in [0, 0.1) is 6.92 Å². The van der Waals surface area contributed by atoms with Gasteiger partial charge in [-0.25, -0.2) is 0 Å². The van der Waals surface area contributed by atoms with Gasteiger partial charge in [-0.15, -0.1) is 0 Å². The van der Waals surface area contributed by atoms with E-state index in [0.717, 1.165) is 31.7 Å². The largest absolute Gasteiger partial charge is 0.872 e. The lowest BCUT2D eigenvalue weighted by Gasteiger charge is -2.32. The molecule has 0 aliphatic carbocycles. The van der Waals surface area contributed by atoms with Gasteiger partial charge >= 0.3 is 0 Å². The predicted molar refractivity (Wildman–Crippen MR) is 106 cm³/mol. The molecule has 1 aromatic carbocycles. The van der Waals surface area contributed by atoms with E-state index in [1.165, 1.54) is 4.90 Å². The van der Waals surface area contributed by atoms with Crippen LogP contribution in [0.5, 0.6) is 11.5 Å². The number of carbonyl (C=O) groups is 1. The van der Waals surface area contributed by atoms with Crippen LogP contribution in [0.2, 0.25) is 0 Å². The highest BCUT2D eigenvalue weighted by Gasteiger charge is 2.33. The second kappa shape index (κ2) is 8.32. The molecule has 0 amide bonds. The summed E-state index contributed by atoms with van der Waals surface area (Å²) in [6.45, 7) is 6.68. The number of carbonyl (C=O) groups excluding carboxylic acids is 1. The molecule has 7 heteroatoms. The predicted octanol–water partition coefficient (Wildman–Crippen LogP) is -0.227. The van der Waals surface area contributed by atoms with Crippen molar-refractivity contribution in [2.75, 3.05) is 39.3 Å². The molecule has 0 saturated carbocycles. The molecule has 152 valence electrons. The van der Waals surface area contributed by atoms with Crippen LogP contribution in [0.4, 0.5) is 0 Å². The number of aliphatic hydroxyl groups is 1. The van der Waals surface area contributed by atoms with Gasteiger partial charge in [0.15, 0.2) is 5.76 Å². The number of aliphatic hydroxyl groups excluding tert-OH is 1. The molecule has 1 saturated heterocycles. The Balaban J connectivity index is 1.59. The highest BCUT2D eigenvalue weighted by Crippen LogP contribution is 2.40. The number of ketones is 1.